The Kier molecular flexibility index (Phi) is 3.69. The SMILES string of the molecule is Cc1nc(C(=O)Nc2ccc(C(N)=S)cc2)cs1. The Balaban J connectivity index is 2.10. The molecule has 3 N–H and O–H groups in total. The Morgan fingerprint density at radius 1 is 1.39 bits per heavy atom. The second-order valence-corrected chi connectivity index (χ2v) is 5.15. The number of carbonyl (C=O) groups excluding carboxylic acids is 1. The van der Waals surface area contributed by atoms with E-state index in [1.165, 1.54) is 11.3 Å². The topological polar surface area (TPSA) is 68.0 Å². The lowest BCUT2D eigenvalue weighted by Gasteiger charge is -2.04. The van der Waals surface area contributed by atoms with E-state index < -0.39 is 0 Å². The van der Waals surface area contributed by atoms with Crippen molar-refractivity contribution in [3.63, 3.8) is 0 Å². The highest BCUT2D eigenvalue weighted by Crippen LogP contribution is 2.13. The molecule has 0 saturated heterocycles. The van der Waals surface area contributed by atoms with Crippen LogP contribution in [0, 0.1) is 6.92 Å². The molecule has 0 spiro atoms. The minimum Gasteiger partial charge on any atom is -0.389 e. The number of rotatable bonds is 3. The number of carbonyl (C=O) groups is 1. The van der Waals surface area contributed by atoms with Crippen LogP contribution in [0.5, 0.6) is 0 Å². The maximum absolute atomic E-state index is 11.8. The van der Waals surface area contributed by atoms with E-state index in [9.17, 15) is 4.79 Å². The van der Waals surface area contributed by atoms with Gasteiger partial charge in [0.15, 0.2) is 0 Å². The van der Waals surface area contributed by atoms with Crippen molar-refractivity contribution < 1.29 is 4.79 Å². The number of nitrogens with two attached hydrogens (primary N) is 1. The largest absolute Gasteiger partial charge is 0.389 e. The van der Waals surface area contributed by atoms with Gasteiger partial charge >= 0.3 is 0 Å². The van der Waals surface area contributed by atoms with E-state index in [2.05, 4.69) is 10.3 Å². The molecule has 0 radical (unpaired) electrons. The Bertz CT molecular complexity index is 590. The summed E-state index contributed by atoms with van der Waals surface area (Å²) in [4.78, 5) is 16.3. The van der Waals surface area contributed by atoms with E-state index in [-0.39, 0.29) is 5.91 Å². The molecule has 1 aromatic carbocycles. The van der Waals surface area contributed by atoms with Gasteiger partial charge in [0, 0.05) is 16.6 Å². The zero-order valence-electron chi connectivity index (χ0n) is 9.64. The molecule has 2 aromatic rings. The average Bonchev–Trinajstić information content (AvgIpc) is 2.76. The minimum atomic E-state index is -0.220. The van der Waals surface area contributed by atoms with Crippen LogP contribution in [0.3, 0.4) is 0 Å². The molecular weight excluding hydrogens is 266 g/mol. The van der Waals surface area contributed by atoms with Crippen molar-refractivity contribution in [2.75, 3.05) is 5.32 Å². The predicted octanol–water partition coefficient (Wildman–Crippen LogP) is 2.34. The van der Waals surface area contributed by atoms with Crippen LogP contribution < -0.4 is 11.1 Å². The van der Waals surface area contributed by atoms with Crippen LogP contribution in [0.15, 0.2) is 29.6 Å². The van der Waals surface area contributed by atoms with Crippen molar-refractivity contribution >= 4 is 40.1 Å². The molecule has 0 bridgehead atoms. The highest BCUT2D eigenvalue weighted by molar-refractivity contribution is 7.80. The first-order valence-corrected chi connectivity index (χ1v) is 6.48. The third-order valence-electron chi connectivity index (χ3n) is 2.28. The molecule has 0 fully saturated rings. The van der Waals surface area contributed by atoms with E-state index in [4.69, 9.17) is 18.0 Å². The number of thiazole rings is 1. The van der Waals surface area contributed by atoms with Crippen molar-refractivity contribution in [2.24, 2.45) is 5.73 Å². The molecule has 1 amide bonds. The van der Waals surface area contributed by atoms with Gasteiger partial charge in [0.25, 0.3) is 5.91 Å². The van der Waals surface area contributed by atoms with Gasteiger partial charge < -0.3 is 11.1 Å². The molecule has 0 atom stereocenters. The third-order valence-corrected chi connectivity index (χ3v) is 3.29. The Hall–Kier alpha value is -1.79. The highest BCUT2D eigenvalue weighted by Gasteiger charge is 2.09. The number of hydrogen-bond donors (Lipinski definition) is 2. The Morgan fingerprint density at radius 3 is 2.56 bits per heavy atom. The fourth-order valence-corrected chi connectivity index (χ4v) is 2.11. The zero-order valence-corrected chi connectivity index (χ0v) is 11.3. The number of nitrogens with one attached hydrogen (secondary N) is 1. The maximum atomic E-state index is 11.8. The van der Waals surface area contributed by atoms with Gasteiger partial charge in [-0.25, -0.2) is 4.98 Å². The van der Waals surface area contributed by atoms with Gasteiger partial charge in [-0.1, -0.05) is 12.2 Å². The smallest absolute Gasteiger partial charge is 0.275 e. The van der Waals surface area contributed by atoms with Crippen LogP contribution in [0.2, 0.25) is 0 Å². The number of thiocarbonyl (C=S) groups is 1. The molecule has 0 saturated carbocycles. The normalized spacial score (nSPS) is 10.1. The summed E-state index contributed by atoms with van der Waals surface area (Å²) in [5.41, 5.74) is 7.38. The van der Waals surface area contributed by atoms with Crippen LogP contribution in [-0.4, -0.2) is 15.9 Å². The first-order chi connectivity index (χ1) is 8.56. The summed E-state index contributed by atoms with van der Waals surface area (Å²) < 4.78 is 0. The lowest BCUT2D eigenvalue weighted by Crippen LogP contribution is -2.13. The number of amides is 1. The molecule has 1 heterocycles. The van der Waals surface area contributed by atoms with Crippen molar-refractivity contribution in [2.45, 2.75) is 6.92 Å². The number of aromatic nitrogens is 1. The molecular formula is C12H11N3OS2. The summed E-state index contributed by atoms with van der Waals surface area (Å²) >= 11 is 6.30. The lowest BCUT2D eigenvalue weighted by molar-refractivity contribution is 0.102. The molecule has 2 rings (SSSR count). The average molecular weight is 277 g/mol. The quantitative estimate of drug-likeness (QED) is 0.845. The monoisotopic (exact) mass is 277 g/mol. The Labute approximate surface area is 114 Å². The van der Waals surface area contributed by atoms with Gasteiger partial charge in [-0.2, -0.15) is 0 Å². The van der Waals surface area contributed by atoms with Gasteiger partial charge in [0.1, 0.15) is 10.7 Å². The van der Waals surface area contributed by atoms with Gasteiger partial charge in [-0.3, -0.25) is 4.79 Å². The molecule has 0 aliphatic rings. The number of hydrogen-bond acceptors (Lipinski definition) is 4. The Morgan fingerprint density at radius 2 is 2.06 bits per heavy atom. The summed E-state index contributed by atoms with van der Waals surface area (Å²) in [5.74, 6) is -0.220. The summed E-state index contributed by atoms with van der Waals surface area (Å²) in [5, 5.41) is 5.35. The first-order valence-electron chi connectivity index (χ1n) is 5.19. The van der Waals surface area contributed by atoms with Crippen LogP contribution in [0.4, 0.5) is 5.69 Å². The van der Waals surface area contributed by atoms with Crippen molar-refractivity contribution in [3.8, 4) is 0 Å². The standard InChI is InChI=1S/C12H11N3OS2/c1-7-14-10(6-18-7)12(16)15-9-4-2-8(3-5-9)11(13)17/h2-6H,1H3,(H2,13,17)(H,15,16). The number of aryl methyl sites for hydroxylation is 1. The van der Waals surface area contributed by atoms with Crippen LogP contribution in [0.1, 0.15) is 21.1 Å². The number of nitrogens with zero attached hydrogens (tertiary/aromatic N) is 1. The van der Waals surface area contributed by atoms with Crippen LogP contribution in [0.25, 0.3) is 0 Å². The molecule has 1 aromatic heterocycles. The van der Waals surface area contributed by atoms with Gasteiger partial charge in [0.2, 0.25) is 0 Å². The van der Waals surface area contributed by atoms with Crippen LogP contribution >= 0.6 is 23.6 Å². The van der Waals surface area contributed by atoms with E-state index >= 15 is 0 Å². The van der Waals surface area contributed by atoms with E-state index in [1.807, 2.05) is 6.92 Å². The first kappa shape index (κ1) is 12.7. The van der Waals surface area contributed by atoms with E-state index in [1.54, 1.807) is 29.6 Å². The van der Waals surface area contributed by atoms with Gasteiger partial charge in [0.05, 0.1) is 5.01 Å². The second kappa shape index (κ2) is 5.24. The van der Waals surface area contributed by atoms with Crippen molar-refractivity contribution in [1.29, 1.82) is 0 Å². The molecule has 0 unspecified atom stereocenters. The molecule has 92 valence electrons. The summed E-state index contributed by atoms with van der Waals surface area (Å²) in [7, 11) is 0. The molecule has 0 aliphatic heterocycles. The molecule has 18 heavy (non-hydrogen) atoms. The third kappa shape index (κ3) is 2.91. The minimum absolute atomic E-state index is 0.220. The summed E-state index contributed by atoms with van der Waals surface area (Å²) in [6.07, 6.45) is 0. The fourth-order valence-electron chi connectivity index (χ4n) is 1.38. The molecule has 6 heteroatoms. The number of benzene rings is 1. The predicted molar refractivity (Wildman–Crippen MR) is 77.1 cm³/mol. The molecule has 0 aliphatic carbocycles. The van der Waals surface area contributed by atoms with Crippen molar-refractivity contribution in [3.05, 3.63) is 45.9 Å². The zero-order chi connectivity index (χ0) is 13.1. The summed E-state index contributed by atoms with van der Waals surface area (Å²) in [6, 6.07) is 7.05. The van der Waals surface area contributed by atoms with Crippen LogP contribution in [-0.2, 0) is 0 Å². The lowest BCUT2D eigenvalue weighted by atomic mass is 10.2. The highest BCUT2D eigenvalue weighted by atomic mass is 32.1. The van der Waals surface area contributed by atoms with E-state index in [0.29, 0.717) is 16.4 Å². The van der Waals surface area contributed by atoms with Crippen molar-refractivity contribution in [1.82, 2.24) is 4.98 Å². The van der Waals surface area contributed by atoms with Gasteiger partial charge in [-0.15, -0.1) is 11.3 Å². The van der Waals surface area contributed by atoms with E-state index in [0.717, 1.165) is 10.6 Å². The summed E-state index contributed by atoms with van der Waals surface area (Å²) in [6.45, 7) is 1.86. The second-order valence-electron chi connectivity index (χ2n) is 3.65. The molecule has 4 nitrogen and oxygen atoms in total. The fraction of sp³-hybridized carbons (Fsp3) is 0.0833. The maximum Gasteiger partial charge on any atom is 0.275 e. The number of anilines is 1. The van der Waals surface area contributed by atoms with Gasteiger partial charge in [-0.05, 0) is 31.2 Å².